The van der Waals surface area contributed by atoms with E-state index in [1.807, 2.05) is 18.2 Å². The molecule has 146 valence electrons. The summed E-state index contributed by atoms with van der Waals surface area (Å²) in [6.45, 7) is 7.35. The first-order chi connectivity index (χ1) is 13.6. The van der Waals surface area contributed by atoms with Crippen LogP contribution in [0, 0.1) is 0 Å². The number of fused-ring (bicyclic) bond motifs is 3. The van der Waals surface area contributed by atoms with Crippen LogP contribution in [0.1, 0.15) is 32.3 Å². The van der Waals surface area contributed by atoms with Gasteiger partial charge in [0.15, 0.2) is 0 Å². The van der Waals surface area contributed by atoms with E-state index in [0.29, 0.717) is 6.42 Å². The Morgan fingerprint density at radius 2 is 1.96 bits per heavy atom. The van der Waals surface area contributed by atoms with E-state index in [4.69, 9.17) is 4.42 Å². The summed E-state index contributed by atoms with van der Waals surface area (Å²) in [5.74, 6) is 0.0818. The zero-order chi connectivity index (χ0) is 19.5. The maximum atomic E-state index is 12.7. The molecule has 2 heterocycles. The topological polar surface area (TPSA) is 45.5 Å². The molecule has 4 nitrogen and oxygen atoms in total. The molecule has 4 rings (SSSR count). The first-order valence-corrected chi connectivity index (χ1v) is 10.1. The molecule has 0 saturated carbocycles. The average Bonchev–Trinajstić information content (AvgIpc) is 3.10. The molecule has 0 atom stereocenters. The molecule has 1 aliphatic heterocycles. The molecule has 1 fully saturated rings. The Balaban J connectivity index is 1.40. The van der Waals surface area contributed by atoms with Crippen LogP contribution < -0.4 is 5.32 Å². The molecular formula is C24H28N2O2. The van der Waals surface area contributed by atoms with Gasteiger partial charge in [0, 0.05) is 36.6 Å². The first-order valence-electron chi connectivity index (χ1n) is 10.1. The third-order valence-electron chi connectivity index (χ3n) is 5.60. The van der Waals surface area contributed by atoms with Crippen LogP contribution in [0.4, 0.5) is 0 Å². The molecule has 2 aromatic carbocycles. The van der Waals surface area contributed by atoms with Crippen molar-refractivity contribution in [3.8, 4) is 0 Å². The number of carbonyl (C=O) groups excluding carboxylic acids is 1. The number of hydrogen-bond donors (Lipinski definition) is 1. The van der Waals surface area contributed by atoms with Crippen LogP contribution in [-0.2, 0) is 11.2 Å². The van der Waals surface area contributed by atoms with E-state index < -0.39 is 0 Å². The van der Waals surface area contributed by atoms with E-state index >= 15 is 0 Å². The van der Waals surface area contributed by atoms with E-state index in [0.717, 1.165) is 54.4 Å². The molecule has 3 aromatic rings. The molecule has 1 N–H and O–H groups in total. The second-order valence-corrected chi connectivity index (χ2v) is 8.02. The molecule has 4 heteroatoms. The van der Waals surface area contributed by atoms with Gasteiger partial charge in [0.1, 0.15) is 5.58 Å². The van der Waals surface area contributed by atoms with Crippen LogP contribution in [0.15, 0.2) is 58.7 Å². The van der Waals surface area contributed by atoms with Crippen molar-refractivity contribution in [2.75, 3.05) is 19.6 Å². The quantitative estimate of drug-likeness (QED) is 0.658. The minimum Gasteiger partial charge on any atom is -0.464 e. The molecule has 28 heavy (non-hydrogen) atoms. The lowest BCUT2D eigenvalue weighted by molar-refractivity contribution is -0.121. The third kappa shape index (κ3) is 4.12. The summed E-state index contributed by atoms with van der Waals surface area (Å²) in [5.41, 5.74) is 3.16. The number of nitrogens with zero attached hydrogens (tertiary/aromatic N) is 1. The fourth-order valence-corrected chi connectivity index (χ4v) is 4.03. The van der Waals surface area contributed by atoms with Crippen molar-refractivity contribution in [1.29, 1.82) is 0 Å². The van der Waals surface area contributed by atoms with Crippen molar-refractivity contribution >= 4 is 27.6 Å². The van der Waals surface area contributed by atoms with E-state index in [1.54, 1.807) is 6.26 Å². The molecule has 1 aromatic heterocycles. The van der Waals surface area contributed by atoms with Crippen molar-refractivity contribution in [3.05, 3.63) is 59.9 Å². The Labute approximate surface area is 166 Å². The largest absolute Gasteiger partial charge is 0.464 e. The van der Waals surface area contributed by atoms with Crippen LogP contribution in [0.25, 0.3) is 21.7 Å². The van der Waals surface area contributed by atoms with Gasteiger partial charge in [-0.2, -0.15) is 0 Å². The van der Waals surface area contributed by atoms with Crippen molar-refractivity contribution in [2.24, 2.45) is 0 Å². The monoisotopic (exact) mass is 376 g/mol. The fraction of sp³-hybridized carbons (Fsp3) is 0.375. The van der Waals surface area contributed by atoms with Crippen LogP contribution >= 0.6 is 0 Å². The molecule has 0 aliphatic carbocycles. The lowest BCUT2D eigenvalue weighted by Crippen LogP contribution is -2.45. The van der Waals surface area contributed by atoms with Crippen molar-refractivity contribution in [1.82, 2.24) is 10.2 Å². The predicted molar refractivity (Wildman–Crippen MR) is 114 cm³/mol. The summed E-state index contributed by atoms with van der Waals surface area (Å²) >= 11 is 0. The predicted octanol–water partition coefficient (Wildman–Crippen LogP) is 4.68. The van der Waals surface area contributed by atoms with Gasteiger partial charge in [-0.1, -0.05) is 42.0 Å². The number of piperidine rings is 1. The summed E-state index contributed by atoms with van der Waals surface area (Å²) in [6.07, 6.45) is 6.39. The molecule has 0 bridgehead atoms. The molecular weight excluding hydrogens is 348 g/mol. The highest BCUT2D eigenvalue weighted by molar-refractivity contribution is 6.08. The molecule has 0 spiro atoms. The summed E-state index contributed by atoms with van der Waals surface area (Å²) in [4.78, 5) is 15.1. The van der Waals surface area contributed by atoms with Crippen LogP contribution in [-0.4, -0.2) is 36.5 Å². The number of hydrogen-bond acceptors (Lipinski definition) is 3. The van der Waals surface area contributed by atoms with Gasteiger partial charge in [-0.15, -0.1) is 0 Å². The molecule has 1 amide bonds. The number of nitrogens with one attached hydrogen (secondary N) is 1. The second-order valence-electron chi connectivity index (χ2n) is 8.02. The maximum Gasteiger partial charge on any atom is 0.224 e. The average molecular weight is 377 g/mol. The highest BCUT2D eigenvalue weighted by Crippen LogP contribution is 2.30. The van der Waals surface area contributed by atoms with E-state index in [2.05, 4.69) is 48.3 Å². The molecule has 1 aliphatic rings. The van der Waals surface area contributed by atoms with Gasteiger partial charge in [0.05, 0.1) is 12.7 Å². The van der Waals surface area contributed by atoms with Gasteiger partial charge < -0.3 is 9.73 Å². The van der Waals surface area contributed by atoms with E-state index in [9.17, 15) is 4.79 Å². The zero-order valence-electron chi connectivity index (χ0n) is 16.7. The highest BCUT2D eigenvalue weighted by atomic mass is 16.3. The van der Waals surface area contributed by atoms with Gasteiger partial charge in [0.25, 0.3) is 0 Å². The zero-order valence-corrected chi connectivity index (χ0v) is 16.7. The van der Waals surface area contributed by atoms with Gasteiger partial charge in [0.2, 0.25) is 5.91 Å². The van der Waals surface area contributed by atoms with Crippen molar-refractivity contribution in [3.63, 3.8) is 0 Å². The van der Waals surface area contributed by atoms with E-state index in [1.165, 1.54) is 11.0 Å². The smallest absolute Gasteiger partial charge is 0.224 e. The van der Waals surface area contributed by atoms with Crippen LogP contribution in [0.2, 0.25) is 0 Å². The third-order valence-corrected chi connectivity index (χ3v) is 5.60. The summed E-state index contributed by atoms with van der Waals surface area (Å²) < 4.78 is 5.72. The van der Waals surface area contributed by atoms with Gasteiger partial charge in [-0.25, -0.2) is 0 Å². The Hall–Kier alpha value is -2.59. The van der Waals surface area contributed by atoms with Crippen molar-refractivity contribution < 1.29 is 9.21 Å². The standard InChI is InChI=1S/C24H28N2O2/c1-17(2)9-12-26-13-10-20(11-14-26)25-23(27)15-19-16-28-22-8-7-18-5-3-4-6-21(18)24(19)22/h3-9,16,20H,10-15H2,1-2H3,(H,25,27). The van der Waals surface area contributed by atoms with Crippen LogP contribution in [0.3, 0.4) is 0 Å². The van der Waals surface area contributed by atoms with Crippen molar-refractivity contribution in [2.45, 2.75) is 39.2 Å². The number of likely N-dealkylation sites (tertiary alicyclic amines) is 1. The molecule has 0 radical (unpaired) electrons. The Morgan fingerprint density at radius 3 is 2.75 bits per heavy atom. The van der Waals surface area contributed by atoms with Gasteiger partial charge >= 0.3 is 0 Å². The number of furan rings is 1. The normalized spacial score (nSPS) is 15.8. The summed E-state index contributed by atoms with van der Waals surface area (Å²) in [5, 5.41) is 6.60. The van der Waals surface area contributed by atoms with Gasteiger partial charge in [-0.3, -0.25) is 9.69 Å². The van der Waals surface area contributed by atoms with Gasteiger partial charge in [-0.05, 0) is 43.5 Å². The second kappa shape index (κ2) is 8.19. The molecule has 0 unspecified atom stereocenters. The Bertz CT molecular complexity index is 1010. The Morgan fingerprint density at radius 1 is 1.18 bits per heavy atom. The minimum absolute atomic E-state index is 0.0818. The number of allylic oxidation sites excluding steroid dienone is 1. The highest BCUT2D eigenvalue weighted by Gasteiger charge is 2.21. The maximum absolute atomic E-state index is 12.7. The first kappa shape index (κ1) is 18.8. The lowest BCUT2D eigenvalue weighted by atomic mass is 10.0. The van der Waals surface area contributed by atoms with E-state index in [-0.39, 0.29) is 11.9 Å². The summed E-state index contributed by atoms with van der Waals surface area (Å²) in [7, 11) is 0. The number of carbonyl (C=O) groups is 1. The number of amides is 1. The SMILES string of the molecule is CC(C)=CCN1CCC(NC(=O)Cc2coc3ccc4ccccc4c23)CC1. The number of rotatable bonds is 5. The Kier molecular flexibility index (Phi) is 5.49. The lowest BCUT2D eigenvalue weighted by Gasteiger charge is -2.31. The molecule has 1 saturated heterocycles. The van der Waals surface area contributed by atoms with Crippen LogP contribution in [0.5, 0.6) is 0 Å². The minimum atomic E-state index is 0.0818. The number of benzene rings is 2. The fourth-order valence-electron chi connectivity index (χ4n) is 4.03. The summed E-state index contributed by atoms with van der Waals surface area (Å²) in [6, 6.07) is 12.6.